The van der Waals surface area contributed by atoms with E-state index in [2.05, 4.69) is 10.6 Å². The van der Waals surface area contributed by atoms with Gasteiger partial charge in [-0.1, -0.05) is 29.8 Å². The molecule has 0 aliphatic rings. The van der Waals surface area contributed by atoms with Crippen molar-refractivity contribution in [2.45, 2.75) is 13.5 Å². The molecule has 0 radical (unpaired) electrons. The molecule has 0 fully saturated rings. The standard InChI is InChI=1S/C12H18N2O2/c1-10-4-3-5-11(8-10)9-16-12(15)14-7-6-13-2/h3-5,8,13H,6-7,9H2,1-2H3,(H,14,15). The van der Waals surface area contributed by atoms with Crippen LogP contribution in [0.4, 0.5) is 4.79 Å². The summed E-state index contributed by atoms with van der Waals surface area (Å²) < 4.78 is 5.05. The van der Waals surface area contributed by atoms with E-state index in [1.165, 1.54) is 0 Å². The van der Waals surface area contributed by atoms with Gasteiger partial charge in [0.1, 0.15) is 6.61 Å². The van der Waals surface area contributed by atoms with Crippen molar-refractivity contribution in [3.63, 3.8) is 0 Å². The third-order valence-corrected chi connectivity index (χ3v) is 2.10. The van der Waals surface area contributed by atoms with Crippen LogP contribution in [0.5, 0.6) is 0 Å². The lowest BCUT2D eigenvalue weighted by molar-refractivity contribution is 0.140. The van der Waals surface area contributed by atoms with Gasteiger partial charge in [-0.2, -0.15) is 0 Å². The normalized spacial score (nSPS) is 9.88. The van der Waals surface area contributed by atoms with Gasteiger partial charge in [0.25, 0.3) is 0 Å². The van der Waals surface area contributed by atoms with Gasteiger partial charge in [-0.15, -0.1) is 0 Å². The molecule has 4 heteroatoms. The fourth-order valence-corrected chi connectivity index (χ4v) is 1.29. The van der Waals surface area contributed by atoms with E-state index in [1.807, 2.05) is 38.2 Å². The molecule has 88 valence electrons. The summed E-state index contributed by atoms with van der Waals surface area (Å²) in [6, 6.07) is 7.90. The van der Waals surface area contributed by atoms with Crippen LogP contribution in [0.25, 0.3) is 0 Å². The number of hydrogen-bond acceptors (Lipinski definition) is 3. The Morgan fingerprint density at radius 2 is 2.19 bits per heavy atom. The molecule has 1 rings (SSSR count). The molecule has 0 aliphatic heterocycles. The molecule has 0 saturated heterocycles. The first-order chi connectivity index (χ1) is 7.72. The summed E-state index contributed by atoms with van der Waals surface area (Å²) >= 11 is 0. The van der Waals surface area contributed by atoms with E-state index in [9.17, 15) is 4.79 Å². The third kappa shape index (κ3) is 4.79. The van der Waals surface area contributed by atoms with Crippen LogP contribution in [0.1, 0.15) is 11.1 Å². The van der Waals surface area contributed by atoms with Gasteiger partial charge in [-0.3, -0.25) is 0 Å². The highest BCUT2D eigenvalue weighted by molar-refractivity contribution is 5.67. The van der Waals surface area contributed by atoms with E-state index in [4.69, 9.17) is 4.74 Å². The first-order valence-electron chi connectivity index (χ1n) is 5.33. The Bertz CT molecular complexity index is 340. The highest BCUT2D eigenvalue weighted by Gasteiger charge is 2.01. The average molecular weight is 222 g/mol. The number of amides is 1. The van der Waals surface area contributed by atoms with Crippen LogP contribution < -0.4 is 10.6 Å². The fraction of sp³-hybridized carbons (Fsp3) is 0.417. The second-order valence-electron chi connectivity index (χ2n) is 3.60. The van der Waals surface area contributed by atoms with Crippen molar-refractivity contribution in [2.24, 2.45) is 0 Å². The second-order valence-corrected chi connectivity index (χ2v) is 3.60. The smallest absolute Gasteiger partial charge is 0.407 e. The van der Waals surface area contributed by atoms with Gasteiger partial charge in [-0.05, 0) is 19.5 Å². The molecule has 0 atom stereocenters. The molecule has 0 saturated carbocycles. The zero-order valence-electron chi connectivity index (χ0n) is 9.75. The molecule has 0 aliphatic carbocycles. The van der Waals surface area contributed by atoms with E-state index < -0.39 is 0 Å². The van der Waals surface area contributed by atoms with E-state index in [0.717, 1.165) is 17.7 Å². The first-order valence-corrected chi connectivity index (χ1v) is 5.33. The third-order valence-electron chi connectivity index (χ3n) is 2.10. The van der Waals surface area contributed by atoms with Crippen molar-refractivity contribution >= 4 is 6.09 Å². The summed E-state index contributed by atoms with van der Waals surface area (Å²) in [6.45, 7) is 3.63. The minimum absolute atomic E-state index is 0.313. The molecule has 1 aromatic carbocycles. The minimum atomic E-state index is -0.378. The van der Waals surface area contributed by atoms with E-state index >= 15 is 0 Å². The topological polar surface area (TPSA) is 50.4 Å². The van der Waals surface area contributed by atoms with Crippen LogP contribution in [0.2, 0.25) is 0 Å². The summed E-state index contributed by atoms with van der Waals surface area (Å²) in [4.78, 5) is 11.2. The highest BCUT2D eigenvalue weighted by Crippen LogP contribution is 2.05. The zero-order valence-corrected chi connectivity index (χ0v) is 9.75. The van der Waals surface area contributed by atoms with Crippen LogP contribution in [0.15, 0.2) is 24.3 Å². The number of nitrogens with one attached hydrogen (secondary N) is 2. The van der Waals surface area contributed by atoms with Crippen molar-refractivity contribution in [2.75, 3.05) is 20.1 Å². The molecule has 1 aromatic rings. The summed E-state index contributed by atoms with van der Waals surface area (Å²) in [6.07, 6.45) is -0.378. The number of alkyl carbamates (subject to hydrolysis) is 1. The minimum Gasteiger partial charge on any atom is -0.445 e. The lowest BCUT2D eigenvalue weighted by atomic mass is 10.1. The highest BCUT2D eigenvalue weighted by atomic mass is 16.5. The maximum atomic E-state index is 11.2. The van der Waals surface area contributed by atoms with E-state index in [0.29, 0.717) is 13.2 Å². The molecule has 0 heterocycles. The lowest BCUT2D eigenvalue weighted by Crippen LogP contribution is -2.30. The van der Waals surface area contributed by atoms with Crippen molar-refractivity contribution in [1.29, 1.82) is 0 Å². The number of hydrogen-bond donors (Lipinski definition) is 2. The lowest BCUT2D eigenvalue weighted by Gasteiger charge is -2.07. The van der Waals surface area contributed by atoms with Crippen molar-refractivity contribution in [1.82, 2.24) is 10.6 Å². The van der Waals surface area contributed by atoms with Crippen LogP contribution in [-0.2, 0) is 11.3 Å². The average Bonchev–Trinajstić information content (AvgIpc) is 2.27. The number of aryl methyl sites for hydroxylation is 1. The summed E-state index contributed by atoms with van der Waals surface area (Å²) in [5, 5.41) is 5.58. The van der Waals surface area contributed by atoms with Gasteiger partial charge in [0.2, 0.25) is 0 Å². The summed E-state index contributed by atoms with van der Waals surface area (Å²) in [5.41, 5.74) is 2.17. The largest absolute Gasteiger partial charge is 0.445 e. The Morgan fingerprint density at radius 1 is 1.38 bits per heavy atom. The first kappa shape index (κ1) is 12.5. The van der Waals surface area contributed by atoms with Crippen molar-refractivity contribution in [3.8, 4) is 0 Å². The molecule has 0 spiro atoms. The molecular weight excluding hydrogens is 204 g/mol. The second kappa shape index (κ2) is 6.85. The van der Waals surface area contributed by atoms with Gasteiger partial charge in [0, 0.05) is 13.1 Å². The van der Waals surface area contributed by atoms with Crippen molar-refractivity contribution < 1.29 is 9.53 Å². The Hall–Kier alpha value is -1.55. The molecule has 0 bridgehead atoms. The number of likely N-dealkylation sites (N-methyl/N-ethyl adjacent to an activating group) is 1. The van der Waals surface area contributed by atoms with Crippen LogP contribution in [-0.4, -0.2) is 26.2 Å². The van der Waals surface area contributed by atoms with Crippen LogP contribution in [0, 0.1) is 6.92 Å². The molecule has 0 unspecified atom stereocenters. The van der Waals surface area contributed by atoms with Gasteiger partial charge < -0.3 is 15.4 Å². The Balaban J connectivity index is 2.26. The Labute approximate surface area is 96.0 Å². The predicted molar refractivity (Wildman–Crippen MR) is 63.3 cm³/mol. The monoisotopic (exact) mass is 222 g/mol. The summed E-state index contributed by atoms with van der Waals surface area (Å²) in [7, 11) is 1.83. The quantitative estimate of drug-likeness (QED) is 0.741. The fourth-order valence-electron chi connectivity index (χ4n) is 1.29. The maximum Gasteiger partial charge on any atom is 0.407 e. The van der Waals surface area contributed by atoms with Crippen LogP contribution >= 0.6 is 0 Å². The number of carbonyl (C=O) groups excluding carboxylic acids is 1. The SMILES string of the molecule is CNCCNC(=O)OCc1cccc(C)c1. The van der Waals surface area contributed by atoms with Crippen LogP contribution in [0.3, 0.4) is 0 Å². The van der Waals surface area contributed by atoms with Gasteiger partial charge in [0.15, 0.2) is 0 Å². The van der Waals surface area contributed by atoms with Gasteiger partial charge in [-0.25, -0.2) is 4.79 Å². The number of rotatable bonds is 5. The molecule has 16 heavy (non-hydrogen) atoms. The van der Waals surface area contributed by atoms with Gasteiger partial charge in [0.05, 0.1) is 0 Å². The summed E-state index contributed by atoms with van der Waals surface area (Å²) in [5.74, 6) is 0. The zero-order chi connectivity index (χ0) is 11.8. The number of ether oxygens (including phenoxy) is 1. The molecular formula is C12H18N2O2. The molecule has 1 amide bonds. The van der Waals surface area contributed by atoms with E-state index in [1.54, 1.807) is 0 Å². The molecule has 4 nitrogen and oxygen atoms in total. The van der Waals surface area contributed by atoms with Crippen molar-refractivity contribution in [3.05, 3.63) is 35.4 Å². The molecule has 0 aromatic heterocycles. The Morgan fingerprint density at radius 3 is 2.88 bits per heavy atom. The van der Waals surface area contributed by atoms with Gasteiger partial charge >= 0.3 is 6.09 Å². The Kier molecular flexibility index (Phi) is 5.36. The number of benzene rings is 1. The predicted octanol–water partition coefficient (Wildman–Crippen LogP) is 1.44. The maximum absolute atomic E-state index is 11.2. The number of carbonyl (C=O) groups is 1. The molecule has 2 N–H and O–H groups in total. The van der Waals surface area contributed by atoms with E-state index in [-0.39, 0.29) is 6.09 Å².